The number of benzene rings is 3. The van der Waals surface area contributed by atoms with Gasteiger partial charge >= 0.3 is 27.7 Å². The van der Waals surface area contributed by atoms with Crippen LogP contribution in [0, 0.1) is 0 Å². The lowest BCUT2D eigenvalue weighted by molar-refractivity contribution is -0.227. The first kappa shape index (κ1) is 30.1. The van der Waals surface area contributed by atoms with E-state index in [2.05, 4.69) is 12.1 Å². The predicted molar refractivity (Wildman–Crippen MR) is 125 cm³/mol. The van der Waals surface area contributed by atoms with E-state index in [1.54, 1.807) is 0 Å². The lowest BCUT2D eigenvalue weighted by atomic mass is 9.95. The average molecular weight is 565 g/mol. The van der Waals surface area contributed by atoms with Gasteiger partial charge in [0.15, 0.2) is 0 Å². The Morgan fingerprint density at radius 2 is 1.03 bits per heavy atom. The van der Waals surface area contributed by atoms with Crippen LogP contribution in [0.3, 0.4) is 0 Å². The fourth-order valence-electron chi connectivity index (χ4n) is 2.54. The van der Waals surface area contributed by atoms with Crippen LogP contribution in [0.1, 0.15) is 0 Å². The van der Waals surface area contributed by atoms with Crippen molar-refractivity contribution in [3.8, 4) is 22.3 Å². The third kappa shape index (κ3) is 6.82. The highest BCUT2D eigenvalue weighted by Gasteiger charge is 2.70. The van der Waals surface area contributed by atoms with Gasteiger partial charge in [-0.2, -0.15) is 39.5 Å². The second-order valence-corrected chi connectivity index (χ2v) is 8.81. The third-order valence-electron chi connectivity index (χ3n) is 4.22. The zero-order chi connectivity index (χ0) is 25.0. The number of hydrogen-bond donors (Lipinski definition) is 1. The molecule has 3 rings (SSSR count). The number of hydrogen-bond acceptors (Lipinski definition) is 2. The van der Waals surface area contributed by atoms with Crippen LogP contribution in [-0.2, 0) is 10.1 Å². The molecular weight excluding hydrogens is 549 g/mol. The second kappa shape index (κ2) is 11.7. The summed E-state index contributed by atoms with van der Waals surface area (Å²) >= 11 is 11.9. The monoisotopic (exact) mass is 564 g/mol. The zero-order valence-corrected chi connectivity index (χ0v) is 20.0. The van der Waals surface area contributed by atoms with Gasteiger partial charge in [-0.15, -0.1) is 0 Å². The van der Waals surface area contributed by atoms with Crippen molar-refractivity contribution in [1.29, 1.82) is 0 Å². The van der Waals surface area contributed by atoms with Gasteiger partial charge in [0.1, 0.15) is 0 Å². The SMILES string of the molecule is Clc1ccc(-c2ccccc2-c2ccc(Cl)cc2)cc1.O=S(=O)(O)C(F)(F)C(F)(F)C(F)F.S. The fraction of sp³-hybridized carbons (Fsp3) is 0.143. The molecule has 3 aromatic carbocycles. The highest BCUT2D eigenvalue weighted by Crippen LogP contribution is 2.42. The van der Waals surface area contributed by atoms with Gasteiger partial charge in [-0.1, -0.05) is 71.7 Å². The zero-order valence-electron chi connectivity index (χ0n) is 16.7. The Balaban J connectivity index is 0.000000364. The molecule has 34 heavy (non-hydrogen) atoms. The minimum atomic E-state index is -6.57. The van der Waals surface area contributed by atoms with E-state index in [4.69, 9.17) is 27.8 Å². The second-order valence-electron chi connectivity index (χ2n) is 6.47. The highest BCUT2D eigenvalue weighted by atomic mass is 35.5. The molecule has 0 aromatic heterocycles. The maximum Gasteiger partial charge on any atom is 0.437 e. The molecule has 0 amide bonds. The Morgan fingerprint density at radius 3 is 1.26 bits per heavy atom. The molecular formula is C21H16Cl2F6O3S2. The highest BCUT2D eigenvalue weighted by molar-refractivity contribution is 7.87. The van der Waals surface area contributed by atoms with Crippen molar-refractivity contribution in [1.82, 2.24) is 0 Å². The van der Waals surface area contributed by atoms with Gasteiger partial charge in [-0.25, -0.2) is 8.78 Å². The van der Waals surface area contributed by atoms with Crippen molar-refractivity contribution >= 4 is 46.8 Å². The molecule has 0 fully saturated rings. The summed E-state index contributed by atoms with van der Waals surface area (Å²) < 4.78 is 96.5. The lowest BCUT2D eigenvalue weighted by Gasteiger charge is -2.22. The molecule has 0 aliphatic rings. The summed E-state index contributed by atoms with van der Waals surface area (Å²) in [4.78, 5) is 0. The average Bonchev–Trinajstić information content (AvgIpc) is 2.74. The molecule has 13 heteroatoms. The Kier molecular flexibility index (Phi) is 10.3. The summed E-state index contributed by atoms with van der Waals surface area (Å²) in [5, 5.41) is -4.70. The van der Waals surface area contributed by atoms with Crippen LogP contribution in [0.25, 0.3) is 22.3 Å². The van der Waals surface area contributed by atoms with Crippen LogP contribution in [0.2, 0.25) is 10.0 Å². The first-order chi connectivity index (χ1) is 15.2. The van der Waals surface area contributed by atoms with E-state index in [0.717, 1.165) is 21.2 Å². The normalized spacial score (nSPS) is 11.9. The molecule has 0 bridgehead atoms. The minimum Gasteiger partial charge on any atom is -0.281 e. The third-order valence-corrected chi connectivity index (χ3v) is 5.65. The summed E-state index contributed by atoms with van der Waals surface area (Å²) in [6, 6.07) is 24.1. The van der Waals surface area contributed by atoms with E-state index >= 15 is 0 Å². The number of alkyl halides is 6. The molecule has 3 nitrogen and oxygen atoms in total. The van der Waals surface area contributed by atoms with Crippen LogP contribution in [0.4, 0.5) is 26.3 Å². The molecule has 0 atom stereocenters. The van der Waals surface area contributed by atoms with Crippen molar-refractivity contribution in [3.63, 3.8) is 0 Å². The van der Waals surface area contributed by atoms with Crippen molar-refractivity contribution < 1.29 is 39.3 Å². The summed E-state index contributed by atoms with van der Waals surface area (Å²) in [5.74, 6) is -6.12. The van der Waals surface area contributed by atoms with Gasteiger partial charge in [-0.3, -0.25) is 4.55 Å². The summed E-state index contributed by atoms with van der Waals surface area (Å²) in [5.41, 5.74) is 4.68. The van der Waals surface area contributed by atoms with Gasteiger partial charge in [0.05, 0.1) is 0 Å². The van der Waals surface area contributed by atoms with Crippen molar-refractivity contribution in [2.45, 2.75) is 17.6 Å². The Labute approximate surface area is 208 Å². The van der Waals surface area contributed by atoms with Gasteiger partial charge in [0.2, 0.25) is 0 Å². The van der Waals surface area contributed by atoms with Crippen LogP contribution >= 0.6 is 36.7 Å². The van der Waals surface area contributed by atoms with Crippen molar-refractivity contribution in [2.24, 2.45) is 0 Å². The Hall–Kier alpha value is -1.92. The van der Waals surface area contributed by atoms with Crippen molar-refractivity contribution in [3.05, 3.63) is 82.8 Å². The van der Waals surface area contributed by atoms with E-state index in [-0.39, 0.29) is 13.5 Å². The molecule has 1 N–H and O–H groups in total. The molecule has 0 aliphatic carbocycles. The van der Waals surface area contributed by atoms with E-state index in [1.807, 2.05) is 60.7 Å². The van der Waals surface area contributed by atoms with Crippen LogP contribution in [0.15, 0.2) is 72.8 Å². The van der Waals surface area contributed by atoms with Crippen molar-refractivity contribution in [2.75, 3.05) is 0 Å². The predicted octanol–water partition coefficient (Wildman–Crippen LogP) is 7.81. The molecule has 0 saturated heterocycles. The largest absolute Gasteiger partial charge is 0.437 e. The maximum absolute atomic E-state index is 11.9. The molecule has 3 aromatic rings. The van der Waals surface area contributed by atoms with E-state index in [1.165, 1.54) is 11.1 Å². The van der Waals surface area contributed by atoms with Crippen LogP contribution in [-0.4, -0.2) is 30.6 Å². The first-order valence-corrected chi connectivity index (χ1v) is 11.0. The Morgan fingerprint density at radius 1 is 0.706 bits per heavy atom. The standard InChI is InChI=1S/C18H12Cl2.C3H2F6O3S.H2S/c19-15-9-5-13(6-10-15)17-3-1-2-4-18(17)14-7-11-16(20)12-8-14;4-1(5)2(6,7)3(8,9)13(10,11)12;/h1-12H;1H,(H,10,11,12);1H2. The lowest BCUT2D eigenvalue weighted by Crippen LogP contribution is -2.51. The molecule has 0 heterocycles. The molecule has 0 saturated carbocycles. The van der Waals surface area contributed by atoms with E-state index < -0.39 is 27.7 Å². The van der Waals surface area contributed by atoms with Gasteiger partial charge in [0.25, 0.3) is 0 Å². The number of halogens is 8. The van der Waals surface area contributed by atoms with E-state index in [0.29, 0.717) is 0 Å². The van der Waals surface area contributed by atoms with Gasteiger partial charge in [0, 0.05) is 10.0 Å². The number of rotatable bonds is 5. The fourth-order valence-corrected chi connectivity index (χ4v) is 3.23. The van der Waals surface area contributed by atoms with Gasteiger partial charge < -0.3 is 0 Å². The first-order valence-electron chi connectivity index (χ1n) is 8.80. The summed E-state index contributed by atoms with van der Waals surface area (Å²) in [6.07, 6.45) is -4.90. The molecule has 0 unspecified atom stereocenters. The summed E-state index contributed by atoms with van der Waals surface area (Å²) in [6.45, 7) is 0. The molecule has 0 aliphatic heterocycles. The molecule has 186 valence electrons. The maximum atomic E-state index is 11.9. The van der Waals surface area contributed by atoms with Gasteiger partial charge in [-0.05, 0) is 46.5 Å². The smallest absolute Gasteiger partial charge is 0.281 e. The topological polar surface area (TPSA) is 54.4 Å². The quantitative estimate of drug-likeness (QED) is 0.254. The molecule has 0 spiro atoms. The summed E-state index contributed by atoms with van der Waals surface area (Å²) in [7, 11) is -6.57. The van der Waals surface area contributed by atoms with Crippen LogP contribution in [0.5, 0.6) is 0 Å². The molecule has 0 radical (unpaired) electrons. The van der Waals surface area contributed by atoms with E-state index in [9.17, 15) is 34.8 Å². The van der Waals surface area contributed by atoms with Crippen LogP contribution < -0.4 is 0 Å². The minimum absolute atomic E-state index is 0. The Bertz CT molecular complexity index is 1130.